The zero-order valence-electron chi connectivity index (χ0n) is 12.5. The Labute approximate surface area is 129 Å². The van der Waals surface area contributed by atoms with Gasteiger partial charge in [0.25, 0.3) is 0 Å². The van der Waals surface area contributed by atoms with Gasteiger partial charge in [-0.25, -0.2) is 4.98 Å². The van der Waals surface area contributed by atoms with Crippen LogP contribution < -0.4 is 15.8 Å². The van der Waals surface area contributed by atoms with Crippen LogP contribution >= 0.6 is 11.5 Å². The molecule has 1 aromatic heterocycles. The summed E-state index contributed by atoms with van der Waals surface area (Å²) in [4.78, 5) is 4.54. The maximum Gasteiger partial charge on any atom is 0.202 e. The summed E-state index contributed by atoms with van der Waals surface area (Å²) >= 11 is 1.41. The van der Waals surface area contributed by atoms with Crippen molar-refractivity contribution in [3.8, 4) is 5.75 Å². The number of hydrogen-bond acceptors (Lipinski definition) is 6. The number of nitrogens with two attached hydrogens (primary N) is 1. The topological polar surface area (TPSA) is 73.1 Å². The van der Waals surface area contributed by atoms with Crippen molar-refractivity contribution in [3.63, 3.8) is 0 Å². The Balaban J connectivity index is 1.95. The first-order valence-corrected chi connectivity index (χ1v) is 7.94. The quantitative estimate of drug-likeness (QED) is 0.784. The fraction of sp³-hybridized carbons (Fsp3) is 0.467. The molecule has 0 bridgehead atoms. The van der Waals surface area contributed by atoms with Crippen LogP contribution in [0.4, 0.5) is 5.13 Å². The zero-order valence-corrected chi connectivity index (χ0v) is 13.3. The molecule has 0 amide bonds. The van der Waals surface area contributed by atoms with Gasteiger partial charge in [0, 0.05) is 24.0 Å². The fourth-order valence-corrected chi connectivity index (χ4v) is 2.73. The maximum atomic E-state index is 5.61. The van der Waals surface area contributed by atoms with Crippen LogP contribution in [0.2, 0.25) is 0 Å². The van der Waals surface area contributed by atoms with Gasteiger partial charge < -0.3 is 15.8 Å². The van der Waals surface area contributed by atoms with E-state index < -0.39 is 0 Å². The molecule has 0 aliphatic heterocycles. The minimum Gasteiger partial charge on any atom is -0.497 e. The molecule has 2 rings (SSSR count). The van der Waals surface area contributed by atoms with Crippen molar-refractivity contribution in [1.82, 2.24) is 9.36 Å². The molecule has 0 fully saturated rings. The Hall–Kier alpha value is -1.66. The molecule has 3 N–H and O–H groups in total. The summed E-state index contributed by atoms with van der Waals surface area (Å²) in [7, 11) is 1.67. The molecule has 0 saturated carbocycles. The second-order valence-electron chi connectivity index (χ2n) is 4.87. The fourth-order valence-electron chi connectivity index (χ4n) is 2.06. The Morgan fingerprint density at radius 3 is 2.71 bits per heavy atom. The second-order valence-corrected chi connectivity index (χ2v) is 5.62. The first-order chi connectivity index (χ1) is 10.2. The van der Waals surface area contributed by atoms with Gasteiger partial charge in [-0.3, -0.25) is 0 Å². The van der Waals surface area contributed by atoms with E-state index in [0.29, 0.717) is 12.6 Å². The largest absolute Gasteiger partial charge is 0.497 e. The van der Waals surface area contributed by atoms with Gasteiger partial charge in [0.05, 0.1) is 7.11 Å². The third-order valence-electron chi connectivity index (χ3n) is 3.32. The molecule has 6 heteroatoms. The van der Waals surface area contributed by atoms with Crippen molar-refractivity contribution in [2.75, 3.05) is 19.0 Å². The summed E-state index contributed by atoms with van der Waals surface area (Å²) in [5.41, 5.74) is 6.78. The lowest BCUT2D eigenvalue weighted by atomic mass is 10.1. The van der Waals surface area contributed by atoms with Crippen LogP contribution in [0.1, 0.15) is 31.2 Å². The van der Waals surface area contributed by atoms with Gasteiger partial charge in [-0.1, -0.05) is 19.1 Å². The first-order valence-electron chi connectivity index (χ1n) is 7.17. The second kappa shape index (κ2) is 7.95. The molecule has 114 valence electrons. The summed E-state index contributed by atoms with van der Waals surface area (Å²) in [5.74, 6) is 1.70. The molecule has 0 aliphatic carbocycles. The molecule has 1 unspecified atom stereocenters. The van der Waals surface area contributed by atoms with E-state index in [4.69, 9.17) is 10.5 Å². The molecule has 1 heterocycles. The minimum absolute atomic E-state index is 0.372. The molecule has 2 aromatic rings. The summed E-state index contributed by atoms with van der Waals surface area (Å²) < 4.78 is 9.56. The Bertz CT molecular complexity index is 541. The lowest BCUT2D eigenvalue weighted by Crippen LogP contribution is -2.22. The molecular formula is C15H22N4OS. The normalized spacial score (nSPS) is 12.1. The van der Waals surface area contributed by atoms with Crippen molar-refractivity contribution in [1.29, 1.82) is 0 Å². The number of anilines is 1. The van der Waals surface area contributed by atoms with E-state index in [1.54, 1.807) is 7.11 Å². The average molecular weight is 306 g/mol. The highest BCUT2D eigenvalue weighted by atomic mass is 32.1. The number of nitrogens with zero attached hydrogens (tertiary/aromatic N) is 2. The van der Waals surface area contributed by atoms with Crippen LogP contribution in [0, 0.1) is 0 Å². The molecule has 1 aromatic carbocycles. The van der Waals surface area contributed by atoms with E-state index in [2.05, 4.69) is 21.6 Å². The highest BCUT2D eigenvalue weighted by Crippen LogP contribution is 2.18. The van der Waals surface area contributed by atoms with Gasteiger partial charge in [-0.05, 0) is 37.1 Å². The minimum atomic E-state index is 0.372. The molecule has 0 radical (unpaired) electrons. The average Bonchev–Trinajstić information content (AvgIpc) is 2.94. The molecule has 0 aliphatic rings. The van der Waals surface area contributed by atoms with Crippen molar-refractivity contribution < 1.29 is 4.74 Å². The van der Waals surface area contributed by atoms with Gasteiger partial charge in [0.2, 0.25) is 5.13 Å². The predicted molar refractivity (Wildman–Crippen MR) is 87.1 cm³/mol. The summed E-state index contributed by atoms with van der Waals surface area (Å²) in [6.07, 6.45) is 2.71. The number of ether oxygens (including phenoxy) is 1. The predicted octanol–water partition coefficient (Wildman–Crippen LogP) is 2.68. The number of nitrogens with one attached hydrogen (secondary N) is 1. The van der Waals surface area contributed by atoms with E-state index in [1.165, 1.54) is 17.1 Å². The van der Waals surface area contributed by atoms with Crippen LogP contribution in [-0.2, 0) is 6.42 Å². The lowest BCUT2D eigenvalue weighted by Gasteiger charge is -2.14. The Kier molecular flexibility index (Phi) is 5.95. The van der Waals surface area contributed by atoms with Gasteiger partial charge in [-0.15, -0.1) is 0 Å². The molecule has 1 atom stereocenters. The van der Waals surface area contributed by atoms with Crippen LogP contribution in [0.3, 0.4) is 0 Å². The smallest absolute Gasteiger partial charge is 0.202 e. The number of hydrogen-bond donors (Lipinski definition) is 2. The molecular weight excluding hydrogens is 284 g/mol. The standard InChI is InChI=1S/C15H22N4OS/c1-3-12(8-9-16)17-15-18-14(19-21-15)10-11-4-6-13(20-2)7-5-11/h4-7,12H,3,8-10,16H2,1-2H3,(H,17,18,19). The third-order valence-corrected chi connectivity index (χ3v) is 4.01. The van der Waals surface area contributed by atoms with Crippen LogP contribution in [0.5, 0.6) is 5.75 Å². The van der Waals surface area contributed by atoms with Crippen molar-refractivity contribution in [3.05, 3.63) is 35.7 Å². The van der Waals surface area contributed by atoms with Gasteiger partial charge in [-0.2, -0.15) is 4.37 Å². The Morgan fingerprint density at radius 1 is 1.33 bits per heavy atom. The molecule has 21 heavy (non-hydrogen) atoms. The van der Waals surface area contributed by atoms with Gasteiger partial charge in [0.15, 0.2) is 0 Å². The van der Waals surface area contributed by atoms with E-state index in [9.17, 15) is 0 Å². The maximum absolute atomic E-state index is 5.61. The van der Waals surface area contributed by atoms with Gasteiger partial charge in [0.1, 0.15) is 11.6 Å². The van der Waals surface area contributed by atoms with E-state index >= 15 is 0 Å². The lowest BCUT2D eigenvalue weighted by molar-refractivity contribution is 0.414. The number of aromatic nitrogens is 2. The highest BCUT2D eigenvalue weighted by molar-refractivity contribution is 7.09. The monoisotopic (exact) mass is 306 g/mol. The van der Waals surface area contributed by atoms with Crippen molar-refractivity contribution >= 4 is 16.7 Å². The van der Waals surface area contributed by atoms with E-state index in [-0.39, 0.29) is 0 Å². The molecule has 5 nitrogen and oxygen atoms in total. The SMILES string of the molecule is CCC(CCN)Nc1nc(Cc2ccc(OC)cc2)ns1. The third kappa shape index (κ3) is 4.68. The summed E-state index contributed by atoms with van der Waals surface area (Å²) in [6, 6.07) is 8.36. The summed E-state index contributed by atoms with van der Waals surface area (Å²) in [5, 5.41) is 4.27. The van der Waals surface area contributed by atoms with Gasteiger partial charge >= 0.3 is 0 Å². The Morgan fingerprint density at radius 2 is 2.10 bits per heavy atom. The number of methoxy groups -OCH3 is 1. The molecule has 0 spiro atoms. The van der Waals surface area contributed by atoms with E-state index in [0.717, 1.165) is 36.0 Å². The highest BCUT2D eigenvalue weighted by Gasteiger charge is 2.10. The number of benzene rings is 1. The van der Waals surface area contributed by atoms with Crippen LogP contribution in [0.15, 0.2) is 24.3 Å². The zero-order chi connectivity index (χ0) is 15.1. The van der Waals surface area contributed by atoms with Crippen molar-refractivity contribution in [2.45, 2.75) is 32.2 Å². The molecule has 0 saturated heterocycles. The van der Waals surface area contributed by atoms with Crippen molar-refractivity contribution in [2.24, 2.45) is 5.73 Å². The van der Waals surface area contributed by atoms with Crippen LogP contribution in [0.25, 0.3) is 0 Å². The summed E-state index contributed by atoms with van der Waals surface area (Å²) in [6.45, 7) is 2.83. The van der Waals surface area contributed by atoms with Crippen LogP contribution in [-0.4, -0.2) is 29.1 Å². The van der Waals surface area contributed by atoms with E-state index in [1.807, 2.05) is 24.3 Å². The number of rotatable bonds is 8. The first kappa shape index (κ1) is 15.7.